The predicted molar refractivity (Wildman–Crippen MR) is 92.4 cm³/mol. The molecule has 0 unspecified atom stereocenters. The van der Waals surface area contributed by atoms with Crippen molar-refractivity contribution in [1.29, 1.82) is 0 Å². The van der Waals surface area contributed by atoms with Crippen LogP contribution in [0.1, 0.15) is 11.1 Å². The maximum absolute atomic E-state index is 11.6. The van der Waals surface area contributed by atoms with Crippen molar-refractivity contribution in [2.24, 2.45) is 9.98 Å². The first-order valence-electron chi connectivity index (χ1n) is 6.41. The molecule has 0 aliphatic carbocycles. The highest BCUT2D eigenvalue weighted by Crippen LogP contribution is 2.23. The normalized spacial score (nSPS) is 18.3. The standard InChI is InChI=1S/C16H12IN3O/c1-2-15(21)19-16-13-6-4-3-5-11(13)9-20-10-12(17)7-8-14(20)18-16/h2-8,10H,1,9H2/b19-16+. The number of aliphatic imine (C=N–C) groups is 2. The van der Waals surface area contributed by atoms with E-state index >= 15 is 0 Å². The fourth-order valence-corrected chi connectivity index (χ4v) is 2.72. The lowest BCUT2D eigenvalue weighted by atomic mass is 10.1. The Morgan fingerprint density at radius 2 is 2.19 bits per heavy atom. The van der Waals surface area contributed by atoms with Crippen molar-refractivity contribution in [1.82, 2.24) is 4.90 Å². The van der Waals surface area contributed by atoms with Crippen LogP contribution in [0.5, 0.6) is 0 Å². The van der Waals surface area contributed by atoms with Crippen LogP contribution in [0.25, 0.3) is 0 Å². The average molecular weight is 389 g/mol. The quantitative estimate of drug-likeness (QED) is 0.547. The highest BCUT2D eigenvalue weighted by Gasteiger charge is 2.21. The first-order chi connectivity index (χ1) is 10.2. The number of amidine groups is 2. The van der Waals surface area contributed by atoms with Crippen LogP contribution in [0.15, 0.2) is 68.8 Å². The van der Waals surface area contributed by atoms with Crippen LogP contribution in [0.4, 0.5) is 0 Å². The zero-order valence-electron chi connectivity index (χ0n) is 11.2. The molecule has 0 fully saturated rings. The van der Waals surface area contributed by atoms with Gasteiger partial charge in [-0.15, -0.1) is 0 Å². The summed E-state index contributed by atoms with van der Waals surface area (Å²) in [6.07, 6.45) is 7.15. The minimum Gasteiger partial charge on any atom is -0.327 e. The fraction of sp³-hybridized carbons (Fsp3) is 0.0625. The summed E-state index contributed by atoms with van der Waals surface area (Å²) in [6.45, 7) is 4.16. The van der Waals surface area contributed by atoms with Crippen LogP contribution >= 0.6 is 22.6 Å². The molecule has 2 aliphatic rings. The lowest BCUT2D eigenvalue weighted by Crippen LogP contribution is -2.24. The van der Waals surface area contributed by atoms with Gasteiger partial charge >= 0.3 is 0 Å². The number of allylic oxidation sites excluding steroid dienone is 2. The number of hydrogen-bond acceptors (Lipinski definition) is 2. The number of rotatable bonds is 1. The van der Waals surface area contributed by atoms with Crippen LogP contribution in [0.3, 0.4) is 0 Å². The second-order valence-corrected chi connectivity index (χ2v) is 5.83. The number of carbonyl (C=O) groups excluding carboxylic acids is 1. The molecule has 0 saturated carbocycles. The monoisotopic (exact) mass is 389 g/mol. The maximum Gasteiger partial charge on any atom is 0.271 e. The molecule has 0 N–H and O–H groups in total. The third-order valence-corrected chi connectivity index (χ3v) is 3.81. The largest absolute Gasteiger partial charge is 0.327 e. The number of carbonyl (C=O) groups is 1. The van der Waals surface area contributed by atoms with Crippen molar-refractivity contribution in [3.05, 3.63) is 70.0 Å². The van der Waals surface area contributed by atoms with Gasteiger partial charge in [-0.3, -0.25) is 4.79 Å². The Hall–Kier alpha value is -2.02. The van der Waals surface area contributed by atoms with E-state index in [-0.39, 0.29) is 5.91 Å². The molecule has 3 rings (SSSR count). The lowest BCUT2D eigenvalue weighted by molar-refractivity contribution is -0.113. The number of nitrogens with zero attached hydrogens (tertiary/aromatic N) is 3. The summed E-state index contributed by atoms with van der Waals surface area (Å²) in [4.78, 5) is 22.3. The molecule has 21 heavy (non-hydrogen) atoms. The highest BCUT2D eigenvalue weighted by molar-refractivity contribution is 14.1. The number of halogens is 1. The molecule has 2 heterocycles. The van der Waals surface area contributed by atoms with Crippen LogP contribution in [-0.2, 0) is 11.3 Å². The number of fused-ring (bicyclic) bond motifs is 2. The molecule has 5 heteroatoms. The average Bonchev–Trinajstić information content (AvgIpc) is 2.63. The van der Waals surface area contributed by atoms with Crippen molar-refractivity contribution in [2.45, 2.75) is 6.54 Å². The van der Waals surface area contributed by atoms with Gasteiger partial charge in [0.05, 0.1) is 0 Å². The minimum absolute atomic E-state index is 0.387. The molecule has 4 nitrogen and oxygen atoms in total. The van der Waals surface area contributed by atoms with E-state index in [1.807, 2.05) is 42.6 Å². The Bertz CT molecular complexity index is 744. The summed E-state index contributed by atoms with van der Waals surface area (Å²) in [5.41, 5.74) is 1.97. The Balaban J connectivity index is 2.16. The van der Waals surface area contributed by atoms with Crippen molar-refractivity contribution in [3.63, 3.8) is 0 Å². The summed E-state index contributed by atoms with van der Waals surface area (Å²) in [5.74, 6) is 0.827. The Labute approximate surface area is 136 Å². The fourth-order valence-electron chi connectivity index (χ4n) is 2.20. The van der Waals surface area contributed by atoms with Crippen molar-refractivity contribution in [3.8, 4) is 0 Å². The first-order valence-corrected chi connectivity index (χ1v) is 7.49. The Kier molecular flexibility index (Phi) is 3.83. The van der Waals surface area contributed by atoms with Crippen molar-refractivity contribution < 1.29 is 4.79 Å². The molecule has 2 aliphatic heterocycles. The topological polar surface area (TPSA) is 45.0 Å². The van der Waals surface area contributed by atoms with E-state index in [1.54, 1.807) is 0 Å². The molecular formula is C16H12IN3O. The van der Waals surface area contributed by atoms with Crippen LogP contribution in [0.2, 0.25) is 0 Å². The van der Waals surface area contributed by atoms with Gasteiger partial charge in [-0.25, -0.2) is 4.99 Å². The van der Waals surface area contributed by atoms with Gasteiger partial charge in [-0.1, -0.05) is 30.8 Å². The Morgan fingerprint density at radius 3 is 3.00 bits per heavy atom. The third kappa shape index (κ3) is 2.87. The molecule has 0 aromatic heterocycles. The predicted octanol–water partition coefficient (Wildman–Crippen LogP) is 3.21. The van der Waals surface area contributed by atoms with E-state index in [2.05, 4.69) is 44.1 Å². The van der Waals surface area contributed by atoms with Crippen molar-refractivity contribution >= 4 is 40.2 Å². The van der Waals surface area contributed by atoms with E-state index < -0.39 is 0 Å². The molecule has 0 atom stereocenters. The summed E-state index contributed by atoms with van der Waals surface area (Å²) in [7, 11) is 0. The van der Waals surface area contributed by atoms with Crippen LogP contribution in [-0.4, -0.2) is 22.5 Å². The summed E-state index contributed by atoms with van der Waals surface area (Å²) in [6, 6.07) is 7.87. The smallest absolute Gasteiger partial charge is 0.271 e. The second-order valence-electron chi connectivity index (χ2n) is 4.58. The lowest BCUT2D eigenvalue weighted by Gasteiger charge is -2.21. The molecule has 1 amide bonds. The molecule has 0 spiro atoms. The van der Waals surface area contributed by atoms with E-state index in [4.69, 9.17) is 0 Å². The van der Waals surface area contributed by atoms with Gasteiger partial charge in [0.15, 0.2) is 5.84 Å². The summed E-state index contributed by atoms with van der Waals surface area (Å²) in [5, 5.41) is 0. The SMILES string of the molecule is C=CC(=O)/N=C1/N=C2C=CC(I)=CN2Cc2ccccc21. The number of hydrogen-bond donors (Lipinski definition) is 0. The van der Waals surface area contributed by atoms with Gasteiger partial charge in [0.25, 0.3) is 5.91 Å². The molecule has 104 valence electrons. The van der Waals surface area contributed by atoms with E-state index in [1.165, 1.54) is 6.08 Å². The molecule has 0 radical (unpaired) electrons. The van der Waals surface area contributed by atoms with Gasteiger partial charge in [0.2, 0.25) is 0 Å². The molecule has 0 bridgehead atoms. The van der Waals surface area contributed by atoms with Crippen LogP contribution in [0, 0.1) is 0 Å². The minimum atomic E-state index is -0.387. The van der Waals surface area contributed by atoms with Gasteiger partial charge in [0, 0.05) is 21.9 Å². The molecule has 1 aromatic rings. The summed E-state index contributed by atoms with van der Waals surface area (Å²) >= 11 is 2.27. The van der Waals surface area contributed by atoms with E-state index in [0.717, 1.165) is 20.5 Å². The zero-order valence-corrected chi connectivity index (χ0v) is 13.3. The molecule has 0 saturated heterocycles. The van der Waals surface area contributed by atoms with Gasteiger partial charge in [0.1, 0.15) is 5.84 Å². The number of benzene rings is 1. The third-order valence-electron chi connectivity index (χ3n) is 3.18. The van der Waals surface area contributed by atoms with Crippen molar-refractivity contribution in [2.75, 3.05) is 0 Å². The first kappa shape index (κ1) is 13.9. The molecule has 1 aromatic carbocycles. The van der Waals surface area contributed by atoms with Gasteiger partial charge in [-0.05, 0) is 46.4 Å². The van der Waals surface area contributed by atoms with Crippen LogP contribution < -0.4 is 0 Å². The number of amides is 1. The maximum atomic E-state index is 11.6. The van der Waals surface area contributed by atoms with Gasteiger partial charge < -0.3 is 4.90 Å². The summed E-state index contributed by atoms with van der Waals surface area (Å²) < 4.78 is 1.13. The molecular weight excluding hydrogens is 377 g/mol. The second kappa shape index (κ2) is 5.77. The van der Waals surface area contributed by atoms with E-state index in [9.17, 15) is 4.79 Å². The van der Waals surface area contributed by atoms with E-state index in [0.29, 0.717) is 12.4 Å². The Morgan fingerprint density at radius 1 is 1.38 bits per heavy atom. The van der Waals surface area contributed by atoms with Gasteiger partial charge in [-0.2, -0.15) is 4.99 Å². The highest BCUT2D eigenvalue weighted by atomic mass is 127. The zero-order chi connectivity index (χ0) is 14.8.